The number of esters is 1. The van der Waals surface area contributed by atoms with Crippen LogP contribution in [-0.2, 0) is 16.0 Å². The van der Waals surface area contributed by atoms with Crippen molar-refractivity contribution in [3.8, 4) is 0 Å². The maximum atomic E-state index is 11.5. The van der Waals surface area contributed by atoms with Gasteiger partial charge in [-0.2, -0.15) is 0 Å². The summed E-state index contributed by atoms with van der Waals surface area (Å²) in [5, 5.41) is 0. The number of rotatable bonds is 5. The first-order valence-corrected chi connectivity index (χ1v) is 6.36. The lowest BCUT2D eigenvalue weighted by Crippen LogP contribution is -2.12. The Kier molecular flexibility index (Phi) is 4.25. The summed E-state index contributed by atoms with van der Waals surface area (Å²) in [6.07, 6.45) is 6.48. The molecule has 0 saturated carbocycles. The summed E-state index contributed by atoms with van der Waals surface area (Å²) in [6.45, 7) is 1.65. The molecule has 18 heavy (non-hydrogen) atoms. The summed E-state index contributed by atoms with van der Waals surface area (Å²) >= 11 is 0. The Morgan fingerprint density at radius 3 is 3.17 bits per heavy atom. The van der Waals surface area contributed by atoms with E-state index >= 15 is 0 Å². The zero-order valence-electron chi connectivity index (χ0n) is 10.7. The molecule has 1 fully saturated rings. The molecule has 1 saturated heterocycles. The van der Waals surface area contributed by atoms with E-state index in [1.54, 1.807) is 12.3 Å². The average molecular weight is 252 g/mol. The van der Waals surface area contributed by atoms with E-state index < -0.39 is 0 Å². The zero-order chi connectivity index (χ0) is 13.0. The van der Waals surface area contributed by atoms with Gasteiger partial charge in [0, 0.05) is 19.3 Å². The third-order valence-corrected chi connectivity index (χ3v) is 3.26. The molecule has 2 N–H and O–H groups in total. The summed E-state index contributed by atoms with van der Waals surface area (Å²) < 4.78 is 12.2. The number of carbonyl (C=O) groups excluding carboxylic acids is 1. The van der Waals surface area contributed by atoms with Gasteiger partial charge in [0.1, 0.15) is 5.69 Å². The highest BCUT2D eigenvalue weighted by molar-refractivity contribution is 5.88. The molecule has 1 aromatic heterocycles. The molecule has 100 valence electrons. The number of ether oxygens (including phenoxy) is 2. The van der Waals surface area contributed by atoms with Crippen molar-refractivity contribution in [2.45, 2.75) is 38.3 Å². The molecule has 1 atom stereocenters. The molecule has 0 radical (unpaired) electrons. The minimum absolute atomic E-state index is 0.344. The number of carbonyl (C=O) groups is 1. The van der Waals surface area contributed by atoms with Gasteiger partial charge in [-0.1, -0.05) is 0 Å². The van der Waals surface area contributed by atoms with Gasteiger partial charge in [-0.25, -0.2) is 4.79 Å². The van der Waals surface area contributed by atoms with E-state index in [-0.39, 0.29) is 5.97 Å². The number of nitrogen functional groups attached to an aromatic ring is 1. The number of hydrogen-bond acceptors (Lipinski definition) is 4. The number of methoxy groups -OCH3 is 1. The molecule has 0 bridgehead atoms. The molecule has 2 heterocycles. The Labute approximate surface area is 107 Å². The van der Waals surface area contributed by atoms with Crippen molar-refractivity contribution in [3.63, 3.8) is 0 Å². The van der Waals surface area contributed by atoms with Crippen LogP contribution in [0.4, 0.5) is 5.69 Å². The van der Waals surface area contributed by atoms with Crippen LogP contribution >= 0.6 is 0 Å². The summed E-state index contributed by atoms with van der Waals surface area (Å²) in [5.74, 6) is -0.344. The third kappa shape index (κ3) is 3.04. The lowest BCUT2D eigenvalue weighted by Gasteiger charge is -2.10. The normalized spacial score (nSPS) is 19.1. The molecule has 1 unspecified atom stereocenters. The van der Waals surface area contributed by atoms with Crippen LogP contribution in [0.2, 0.25) is 0 Å². The maximum Gasteiger partial charge on any atom is 0.354 e. The van der Waals surface area contributed by atoms with E-state index in [1.165, 1.54) is 7.11 Å². The first-order valence-electron chi connectivity index (χ1n) is 6.36. The zero-order valence-corrected chi connectivity index (χ0v) is 10.7. The van der Waals surface area contributed by atoms with Gasteiger partial charge in [-0.3, -0.25) is 0 Å². The summed E-state index contributed by atoms with van der Waals surface area (Å²) in [5.41, 5.74) is 6.82. The largest absolute Gasteiger partial charge is 0.464 e. The molecule has 2 rings (SSSR count). The quantitative estimate of drug-likeness (QED) is 0.812. The van der Waals surface area contributed by atoms with E-state index in [1.807, 2.05) is 4.57 Å². The Morgan fingerprint density at radius 2 is 2.50 bits per heavy atom. The van der Waals surface area contributed by atoms with Gasteiger partial charge >= 0.3 is 5.97 Å². The minimum Gasteiger partial charge on any atom is -0.464 e. The predicted octanol–water partition coefficient (Wildman–Crippen LogP) is 1.82. The van der Waals surface area contributed by atoms with Gasteiger partial charge in [0.2, 0.25) is 0 Å². The van der Waals surface area contributed by atoms with Gasteiger partial charge < -0.3 is 19.8 Å². The van der Waals surface area contributed by atoms with Gasteiger partial charge in [0.15, 0.2) is 0 Å². The molecular weight excluding hydrogens is 232 g/mol. The lowest BCUT2D eigenvalue weighted by atomic mass is 10.1. The van der Waals surface area contributed by atoms with Crippen LogP contribution in [0, 0.1) is 0 Å². The van der Waals surface area contributed by atoms with Gasteiger partial charge in [-0.15, -0.1) is 0 Å². The SMILES string of the molecule is COC(=O)c1cc(N)cn1CCCC1CCCO1. The van der Waals surface area contributed by atoms with E-state index in [0.29, 0.717) is 17.5 Å². The molecule has 0 spiro atoms. The topological polar surface area (TPSA) is 66.5 Å². The van der Waals surface area contributed by atoms with E-state index in [2.05, 4.69) is 0 Å². The van der Waals surface area contributed by atoms with Gasteiger partial charge in [-0.05, 0) is 31.7 Å². The fourth-order valence-electron chi connectivity index (χ4n) is 2.35. The van der Waals surface area contributed by atoms with Crippen molar-refractivity contribution in [2.75, 3.05) is 19.5 Å². The Balaban J connectivity index is 1.89. The number of aromatic nitrogens is 1. The highest BCUT2D eigenvalue weighted by Gasteiger charge is 2.16. The first-order chi connectivity index (χ1) is 8.70. The summed E-state index contributed by atoms with van der Waals surface area (Å²) in [6, 6.07) is 1.65. The third-order valence-electron chi connectivity index (χ3n) is 3.26. The standard InChI is InChI=1S/C13H20N2O3/c1-17-13(16)12-8-10(14)9-15(12)6-2-4-11-5-3-7-18-11/h8-9,11H,2-7,14H2,1H3. The monoisotopic (exact) mass is 252 g/mol. The van der Waals surface area contributed by atoms with Crippen molar-refractivity contribution in [1.29, 1.82) is 0 Å². The molecule has 1 aliphatic rings. The Bertz CT molecular complexity index is 408. The second-order valence-corrected chi connectivity index (χ2v) is 4.62. The number of nitrogens with two attached hydrogens (primary N) is 1. The van der Waals surface area contributed by atoms with Crippen LogP contribution in [0.3, 0.4) is 0 Å². The van der Waals surface area contributed by atoms with Gasteiger partial charge in [0.05, 0.1) is 18.9 Å². The molecule has 5 heteroatoms. The predicted molar refractivity (Wildman–Crippen MR) is 68.4 cm³/mol. The first kappa shape index (κ1) is 13.0. The van der Waals surface area contributed by atoms with Crippen molar-refractivity contribution >= 4 is 11.7 Å². The van der Waals surface area contributed by atoms with E-state index in [0.717, 1.165) is 38.8 Å². The second kappa shape index (κ2) is 5.91. The summed E-state index contributed by atoms with van der Waals surface area (Å²) in [4.78, 5) is 11.5. The van der Waals surface area contributed by atoms with Crippen molar-refractivity contribution in [1.82, 2.24) is 4.57 Å². The van der Waals surface area contributed by atoms with Crippen molar-refractivity contribution in [3.05, 3.63) is 18.0 Å². The Hall–Kier alpha value is -1.49. The number of nitrogens with zero attached hydrogens (tertiary/aromatic N) is 1. The summed E-state index contributed by atoms with van der Waals surface area (Å²) in [7, 11) is 1.38. The fourth-order valence-corrected chi connectivity index (χ4v) is 2.35. The van der Waals surface area contributed by atoms with E-state index in [4.69, 9.17) is 15.2 Å². The van der Waals surface area contributed by atoms with Crippen LogP contribution in [0.25, 0.3) is 0 Å². The molecule has 0 amide bonds. The second-order valence-electron chi connectivity index (χ2n) is 4.62. The average Bonchev–Trinajstić information content (AvgIpc) is 2.98. The molecule has 1 aliphatic heterocycles. The van der Waals surface area contributed by atoms with Gasteiger partial charge in [0.25, 0.3) is 0 Å². The molecule has 0 aromatic carbocycles. The van der Waals surface area contributed by atoms with Crippen LogP contribution in [0.15, 0.2) is 12.3 Å². The molecule has 0 aliphatic carbocycles. The smallest absolute Gasteiger partial charge is 0.354 e. The lowest BCUT2D eigenvalue weighted by molar-refractivity contribution is 0.0587. The van der Waals surface area contributed by atoms with Crippen LogP contribution in [0.5, 0.6) is 0 Å². The highest BCUT2D eigenvalue weighted by atomic mass is 16.5. The molecule has 1 aromatic rings. The molecule has 5 nitrogen and oxygen atoms in total. The Morgan fingerprint density at radius 1 is 1.67 bits per heavy atom. The van der Waals surface area contributed by atoms with Crippen molar-refractivity contribution < 1.29 is 14.3 Å². The van der Waals surface area contributed by atoms with Crippen molar-refractivity contribution in [2.24, 2.45) is 0 Å². The highest BCUT2D eigenvalue weighted by Crippen LogP contribution is 2.18. The fraction of sp³-hybridized carbons (Fsp3) is 0.615. The van der Waals surface area contributed by atoms with Crippen LogP contribution in [-0.4, -0.2) is 30.4 Å². The number of anilines is 1. The molecular formula is C13H20N2O3. The minimum atomic E-state index is -0.344. The van der Waals surface area contributed by atoms with E-state index in [9.17, 15) is 4.79 Å². The number of aryl methyl sites for hydroxylation is 1. The van der Waals surface area contributed by atoms with Crippen LogP contribution < -0.4 is 5.73 Å². The maximum absolute atomic E-state index is 11.5. The number of hydrogen-bond donors (Lipinski definition) is 1. The van der Waals surface area contributed by atoms with Crippen LogP contribution in [0.1, 0.15) is 36.2 Å².